The predicted octanol–water partition coefficient (Wildman–Crippen LogP) is -0.410. The van der Waals surface area contributed by atoms with E-state index in [1.165, 1.54) is 17.9 Å². The molecule has 2 heterocycles. The summed E-state index contributed by atoms with van der Waals surface area (Å²) in [5.74, 6) is 0.0802. The second kappa shape index (κ2) is 5.64. The maximum Gasteiger partial charge on any atom is 0.351 e. The largest absolute Gasteiger partial charge is 0.394 e. The van der Waals surface area contributed by atoms with Crippen LogP contribution in [0.2, 0.25) is 0 Å². The van der Waals surface area contributed by atoms with Crippen LogP contribution in [-0.2, 0) is 16.1 Å². The summed E-state index contributed by atoms with van der Waals surface area (Å²) in [4.78, 5) is 15.4. The van der Waals surface area contributed by atoms with Crippen molar-refractivity contribution < 1.29 is 19.0 Å². The summed E-state index contributed by atoms with van der Waals surface area (Å²) in [5, 5.41) is 8.95. The van der Waals surface area contributed by atoms with Gasteiger partial charge in [-0.1, -0.05) is 0 Å². The van der Waals surface area contributed by atoms with E-state index in [2.05, 4.69) is 4.98 Å². The van der Waals surface area contributed by atoms with E-state index >= 15 is 0 Å². The molecule has 3 atom stereocenters. The van der Waals surface area contributed by atoms with Gasteiger partial charge < -0.3 is 20.3 Å². The van der Waals surface area contributed by atoms with Gasteiger partial charge in [0.1, 0.15) is 24.3 Å². The number of nitrogens with zero attached hydrogens (tertiary/aromatic N) is 2. The lowest BCUT2D eigenvalue weighted by Crippen LogP contribution is -2.29. The molecule has 1 aliphatic rings. The Morgan fingerprint density at radius 1 is 1.74 bits per heavy atom. The number of aromatic nitrogens is 2. The maximum absolute atomic E-state index is 13.5. The molecule has 0 aliphatic carbocycles. The molecule has 7 nitrogen and oxygen atoms in total. The topological polar surface area (TPSA) is 99.6 Å². The third-order valence-electron chi connectivity index (χ3n) is 3.01. The van der Waals surface area contributed by atoms with Gasteiger partial charge in [0.15, 0.2) is 0 Å². The number of aliphatic hydroxyl groups is 1. The molecule has 0 unspecified atom stereocenters. The zero-order valence-corrected chi connectivity index (χ0v) is 10.5. The van der Waals surface area contributed by atoms with Crippen molar-refractivity contribution in [1.82, 2.24) is 9.55 Å². The molecule has 8 heteroatoms. The minimum atomic E-state index is -1.31. The molecule has 0 aromatic carbocycles. The van der Waals surface area contributed by atoms with E-state index in [0.29, 0.717) is 5.56 Å². The molecule has 106 valence electrons. The van der Waals surface area contributed by atoms with Gasteiger partial charge in [0.25, 0.3) is 0 Å². The molecule has 1 aromatic heterocycles. The van der Waals surface area contributed by atoms with Gasteiger partial charge in [-0.25, -0.2) is 9.18 Å². The van der Waals surface area contributed by atoms with E-state index < -0.39 is 30.8 Å². The molecule has 1 fully saturated rings. The Hall–Kier alpha value is -1.51. The minimum absolute atomic E-state index is 0.0108. The summed E-state index contributed by atoms with van der Waals surface area (Å²) in [6, 6.07) is 0. The van der Waals surface area contributed by atoms with Crippen LogP contribution < -0.4 is 11.4 Å². The van der Waals surface area contributed by atoms with Crippen molar-refractivity contribution in [1.29, 1.82) is 0 Å². The first-order chi connectivity index (χ1) is 9.06. The second-order valence-corrected chi connectivity index (χ2v) is 4.34. The number of rotatable bonds is 4. The third kappa shape index (κ3) is 2.75. The van der Waals surface area contributed by atoms with Crippen molar-refractivity contribution in [3.05, 3.63) is 22.2 Å². The van der Waals surface area contributed by atoms with Crippen LogP contribution in [-0.4, -0.2) is 40.6 Å². The fraction of sp³-hybridized carbons (Fsp3) is 0.636. The first-order valence-electron chi connectivity index (χ1n) is 5.83. The number of nitrogens with two attached hydrogens (primary N) is 1. The van der Waals surface area contributed by atoms with Gasteiger partial charge in [-0.05, 0) is 0 Å². The maximum atomic E-state index is 13.5. The average Bonchev–Trinajstić information content (AvgIpc) is 2.74. The molecule has 1 saturated heterocycles. The van der Waals surface area contributed by atoms with Crippen molar-refractivity contribution in [2.75, 3.05) is 19.5 Å². The first-order valence-corrected chi connectivity index (χ1v) is 5.83. The summed E-state index contributed by atoms with van der Waals surface area (Å²) in [6.07, 6.45) is -1.58. The number of hydrogen-bond acceptors (Lipinski definition) is 6. The fourth-order valence-corrected chi connectivity index (χ4v) is 2.02. The quantitative estimate of drug-likeness (QED) is 0.773. The molecular weight excluding hydrogens is 257 g/mol. The Labute approximate surface area is 108 Å². The highest BCUT2D eigenvalue weighted by Gasteiger charge is 2.36. The number of aliphatic hydroxyl groups excluding tert-OH is 1. The van der Waals surface area contributed by atoms with Crippen molar-refractivity contribution in [2.45, 2.75) is 31.5 Å². The highest BCUT2D eigenvalue weighted by Crippen LogP contribution is 2.29. The van der Waals surface area contributed by atoms with Crippen LogP contribution in [0.25, 0.3) is 0 Å². The highest BCUT2D eigenvalue weighted by molar-refractivity contribution is 5.36. The molecule has 0 amide bonds. The van der Waals surface area contributed by atoms with E-state index in [-0.39, 0.29) is 18.8 Å². The van der Waals surface area contributed by atoms with E-state index in [4.69, 9.17) is 20.3 Å². The standard InChI is InChI=1S/C11H16FN3O4/c1-18-5-6-3-15(11(17)14-10(6)13)9-2-7(12)8(4-16)19-9/h3,7-9,16H,2,4-5H2,1H3,(H2,13,14,17)/t7-,8+,9+/m1/s1. The van der Waals surface area contributed by atoms with E-state index in [0.717, 1.165) is 0 Å². The molecule has 0 saturated carbocycles. The molecule has 3 N–H and O–H groups in total. The number of ether oxygens (including phenoxy) is 2. The van der Waals surface area contributed by atoms with E-state index in [9.17, 15) is 9.18 Å². The summed E-state index contributed by atoms with van der Waals surface area (Å²) >= 11 is 0. The summed E-state index contributed by atoms with van der Waals surface area (Å²) in [7, 11) is 1.49. The Morgan fingerprint density at radius 3 is 3.05 bits per heavy atom. The lowest BCUT2D eigenvalue weighted by Gasteiger charge is -2.15. The number of alkyl halides is 1. The number of methoxy groups -OCH3 is 1. The molecule has 0 bridgehead atoms. The van der Waals surface area contributed by atoms with E-state index in [1.807, 2.05) is 0 Å². The van der Waals surface area contributed by atoms with Gasteiger partial charge in [-0.3, -0.25) is 4.57 Å². The number of nitrogen functional groups attached to an aromatic ring is 1. The monoisotopic (exact) mass is 273 g/mol. The highest BCUT2D eigenvalue weighted by atomic mass is 19.1. The van der Waals surface area contributed by atoms with Crippen molar-refractivity contribution >= 4 is 5.82 Å². The number of hydrogen-bond donors (Lipinski definition) is 2. The molecule has 1 aromatic rings. The summed E-state index contributed by atoms with van der Waals surface area (Å²) in [5.41, 5.74) is 5.50. The zero-order valence-electron chi connectivity index (χ0n) is 10.5. The smallest absolute Gasteiger partial charge is 0.351 e. The minimum Gasteiger partial charge on any atom is -0.394 e. The molecule has 19 heavy (non-hydrogen) atoms. The van der Waals surface area contributed by atoms with Gasteiger partial charge >= 0.3 is 5.69 Å². The van der Waals surface area contributed by atoms with Crippen molar-refractivity contribution in [3.63, 3.8) is 0 Å². The average molecular weight is 273 g/mol. The van der Waals surface area contributed by atoms with Crippen molar-refractivity contribution in [3.8, 4) is 0 Å². The lowest BCUT2D eigenvalue weighted by atomic mass is 10.2. The van der Waals surface area contributed by atoms with Crippen LogP contribution >= 0.6 is 0 Å². The first kappa shape index (κ1) is 13.9. The van der Waals surface area contributed by atoms with Gasteiger partial charge in [0, 0.05) is 25.3 Å². The zero-order chi connectivity index (χ0) is 14.0. The van der Waals surface area contributed by atoms with Crippen LogP contribution in [0.3, 0.4) is 0 Å². The second-order valence-electron chi connectivity index (χ2n) is 4.34. The number of halogens is 1. The molecule has 0 spiro atoms. The molecule has 0 radical (unpaired) electrons. The molecular formula is C11H16FN3O4. The third-order valence-corrected chi connectivity index (χ3v) is 3.01. The Bertz CT molecular complexity index is 507. The van der Waals surface area contributed by atoms with Crippen LogP contribution in [0, 0.1) is 0 Å². The molecule has 2 rings (SSSR count). The predicted molar refractivity (Wildman–Crippen MR) is 64.1 cm³/mol. The van der Waals surface area contributed by atoms with Crippen LogP contribution in [0.5, 0.6) is 0 Å². The summed E-state index contributed by atoms with van der Waals surface area (Å²) in [6.45, 7) is -0.242. The van der Waals surface area contributed by atoms with Crippen LogP contribution in [0.1, 0.15) is 18.2 Å². The van der Waals surface area contributed by atoms with E-state index in [1.54, 1.807) is 0 Å². The van der Waals surface area contributed by atoms with Crippen molar-refractivity contribution in [2.24, 2.45) is 0 Å². The SMILES string of the molecule is COCc1cn([C@@H]2C[C@@H](F)[C@H](CO)O2)c(=O)nc1N. The van der Waals surface area contributed by atoms with Gasteiger partial charge in [0.05, 0.1) is 13.2 Å². The number of anilines is 1. The Balaban J connectivity index is 2.30. The Morgan fingerprint density at radius 2 is 2.47 bits per heavy atom. The normalized spacial score (nSPS) is 26.8. The van der Waals surface area contributed by atoms with Gasteiger partial charge in [-0.15, -0.1) is 0 Å². The Kier molecular flexibility index (Phi) is 4.13. The van der Waals surface area contributed by atoms with Gasteiger partial charge in [-0.2, -0.15) is 4.98 Å². The lowest BCUT2D eigenvalue weighted by molar-refractivity contribution is -0.0357. The summed E-state index contributed by atoms with van der Waals surface area (Å²) < 4.78 is 24.9. The van der Waals surface area contributed by atoms with Crippen LogP contribution in [0.15, 0.2) is 11.0 Å². The van der Waals surface area contributed by atoms with Crippen LogP contribution in [0.4, 0.5) is 10.2 Å². The van der Waals surface area contributed by atoms with Gasteiger partial charge in [0.2, 0.25) is 0 Å². The fourth-order valence-electron chi connectivity index (χ4n) is 2.02. The molecule has 1 aliphatic heterocycles.